The highest BCUT2D eigenvalue weighted by molar-refractivity contribution is 5.99. The Bertz CT molecular complexity index is 859. The quantitative estimate of drug-likeness (QED) is 0.901. The smallest absolute Gasteiger partial charge is 0.251 e. The van der Waals surface area contributed by atoms with Gasteiger partial charge in [-0.3, -0.25) is 4.79 Å². The lowest BCUT2D eigenvalue weighted by Gasteiger charge is -2.22. The van der Waals surface area contributed by atoms with E-state index in [1.54, 1.807) is 7.11 Å². The molecule has 2 atom stereocenters. The number of aliphatic hydroxyl groups is 1. The number of hydrogen-bond donors (Lipinski definition) is 2. The van der Waals surface area contributed by atoms with Crippen LogP contribution < -0.4 is 14.8 Å². The number of carbonyl (C=O) groups excluding carboxylic acids is 1. The van der Waals surface area contributed by atoms with Gasteiger partial charge in [0.2, 0.25) is 0 Å². The average Bonchev–Trinajstić information content (AvgIpc) is 2.96. The number of ether oxygens (including phenoxy) is 2. The number of hydrogen-bond acceptors (Lipinski definition) is 4. The Hall–Kier alpha value is -2.79. The number of aliphatic hydroxyl groups excluding tert-OH is 1. The van der Waals surface area contributed by atoms with Gasteiger partial charge in [-0.15, -0.1) is 0 Å². The first-order valence-electron chi connectivity index (χ1n) is 8.24. The number of benzene rings is 2. The van der Waals surface area contributed by atoms with Crippen LogP contribution in [0.4, 0.5) is 0 Å². The maximum atomic E-state index is 12.7. The summed E-state index contributed by atoms with van der Waals surface area (Å²) in [6.45, 7) is 0.170. The Morgan fingerprint density at radius 1 is 1.24 bits per heavy atom. The first kappa shape index (κ1) is 15.7. The van der Waals surface area contributed by atoms with Crippen molar-refractivity contribution in [1.29, 1.82) is 0 Å². The summed E-state index contributed by atoms with van der Waals surface area (Å²) in [5, 5.41) is 13.2. The summed E-state index contributed by atoms with van der Waals surface area (Å²) in [5.41, 5.74) is 3.38. The highest BCUT2D eigenvalue weighted by Crippen LogP contribution is 2.36. The van der Waals surface area contributed by atoms with Crippen LogP contribution in [0.5, 0.6) is 11.5 Å². The van der Waals surface area contributed by atoms with Gasteiger partial charge in [0.15, 0.2) is 11.5 Å². The number of nitrogens with one attached hydrogen (secondary N) is 1. The summed E-state index contributed by atoms with van der Waals surface area (Å²) < 4.78 is 11.0. The molecule has 0 radical (unpaired) electrons. The first-order valence-corrected chi connectivity index (χ1v) is 8.24. The van der Waals surface area contributed by atoms with E-state index >= 15 is 0 Å². The molecule has 1 heterocycles. The molecule has 2 aromatic carbocycles. The fourth-order valence-electron chi connectivity index (χ4n) is 3.45. The minimum Gasteiger partial charge on any atom is -0.493 e. The van der Waals surface area contributed by atoms with Crippen LogP contribution in [0.3, 0.4) is 0 Å². The van der Waals surface area contributed by atoms with Crippen LogP contribution in [0.1, 0.15) is 22.7 Å². The lowest BCUT2D eigenvalue weighted by molar-refractivity contribution is -0.119. The molecule has 1 aliphatic heterocycles. The van der Waals surface area contributed by atoms with Gasteiger partial charge < -0.3 is 19.9 Å². The lowest BCUT2D eigenvalue weighted by Crippen LogP contribution is -2.36. The van der Waals surface area contributed by atoms with Crippen LogP contribution >= 0.6 is 0 Å². The van der Waals surface area contributed by atoms with E-state index in [1.165, 1.54) is 0 Å². The average molecular weight is 337 g/mol. The molecule has 2 N–H and O–H groups in total. The predicted octanol–water partition coefficient (Wildman–Crippen LogP) is 2.25. The van der Waals surface area contributed by atoms with Crippen molar-refractivity contribution in [3.8, 4) is 11.5 Å². The van der Waals surface area contributed by atoms with E-state index in [1.807, 2.05) is 48.5 Å². The largest absolute Gasteiger partial charge is 0.493 e. The van der Waals surface area contributed by atoms with Gasteiger partial charge in [0.05, 0.1) is 24.8 Å². The van der Waals surface area contributed by atoms with Gasteiger partial charge >= 0.3 is 0 Å². The summed E-state index contributed by atoms with van der Waals surface area (Å²) in [6, 6.07) is 13.0. The van der Waals surface area contributed by atoms with Crippen molar-refractivity contribution < 1.29 is 19.4 Å². The van der Waals surface area contributed by atoms with Gasteiger partial charge in [-0.25, -0.2) is 0 Å². The number of methoxy groups -OCH3 is 1. The second-order valence-corrected chi connectivity index (χ2v) is 6.26. The molecule has 0 saturated heterocycles. The summed E-state index contributed by atoms with van der Waals surface area (Å²) in [6.07, 6.45) is 1.75. The van der Waals surface area contributed by atoms with E-state index in [-0.39, 0.29) is 12.5 Å². The summed E-state index contributed by atoms with van der Waals surface area (Å²) >= 11 is 0. The SMILES string of the molecule is COc1cccc2c1OCC(C(=O)N[C@@H]1c3ccccc3C[C@@H]1O)=C2. The van der Waals surface area contributed by atoms with Gasteiger partial charge in [0, 0.05) is 12.0 Å². The minimum atomic E-state index is -0.612. The Morgan fingerprint density at radius 2 is 2.08 bits per heavy atom. The van der Waals surface area contributed by atoms with Gasteiger partial charge in [-0.2, -0.15) is 0 Å². The molecule has 5 nitrogen and oxygen atoms in total. The summed E-state index contributed by atoms with van der Waals surface area (Å²) in [5.74, 6) is 1.07. The first-order chi connectivity index (χ1) is 12.2. The van der Waals surface area contributed by atoms with E-state index in [9.17, 15) is 9.90 Å². The third kappa shape index (κ3) is 2.76. The van der Waals surface area contributed by atoms with Gasteiger partial charge in [-0.1, -0.05) is 36.4 Å². The van der Waals surface area contributed by atoms with Gasteiger partial charge in [-0.05, 0) is 23.3 Å². The molecular weight excluding hydrogens is 318 g/mol. The van der Waals surface area contributed by atoms with E-state index < -0.39 is 12.1 Å². The topological polar surface area (TPSA) is 67.8 Å². The second-order valence-electron chi connectivity index (χ2n) is 6.26. The molecular formula is C20H19NO4. The van der Waals surface area contributed by atoms with Crippen LogP contribution in [0, 0.1) is 0 Å². The third-order valence-electron chi connectivity index (χ3n) is 4.71. The van der Waals surface area contributed by atoms with Crippen molar-refractivity contribution in [3.63, 3.8) is 0 Å². The van der Waals surface area contributed by atoms with Crippen molar-refractivity contribution in [2.24, 2.45) is 0 Å². The Kier molecular flexibility index (Phi) is 3.93. The fourth-order valence-corrected chi connectivity index (χ4v) is 3.45. The number of amides is 1. The van der Waals surface area contributed by atoms with E-state index in [0.717, 1.165) is 16.7 Å². The van der Waals surface area contributed by atoms with E-state index in [4.69, 9.17) is 9.47 Å². The standard InChI is InChI=1S/C20H19NO4/c1-24-17-8-4-6-13-9-14(11-25-19(13)17)20(23)21-18-15-7-3-2-5-12(15)10-16(18)22/h2-9,16,18,22H,10-11H2,1H3,(H,21,23)/t16-,18+/m0/s1. The van der Waals surface area contributed by atoms with Crippen molar-refractivity contribution in [2.75, 3.05) is 13.7 Å². The number of fused-ring (bicyclic) bond motifs is 2. The molecule has 5 heteroatoms. The maximum absolute atomic E-state index is 12.7. The summed E-state index contributed by atoms with van der Waals surface area (Å²) in [7, 11) is 1.59. The van der Waals surface area contributed by atoms with Gasteiger partial charge in [0.25, 0.3) is 5.91 Å². The molecule has 1 aliphatic carbocycles. The van der Waals surface area contributed by atoms with Crippen molar-refractivity contribution in [1.82, 2.24) is 5.32 Å². The highest BCUT2D eigenvalue weighted by Gasteiger charge is 2.33. The molecule has 0 fully saturated rings. The molecule has 128 valence electrons. The fraction of sp³-hybridized carbons (Fsp3) is 0.250. The van der Waals surface area contributed by atoms with Crippen molar-refractivity contribution in [2.45, 2.75) is 18.6 Å². The van der Waals surface area contributed by atoms with Gasteiger partial charge in [0.1, 0.15) is 6.61 Å². The molecule has 0 saturated carbocycles. The van der Waals surface area contributed by atoms with Crippen LogP contribution in [0.2, 0.25) is 0 Å². The minimum absolute atomic E-state index is 0.170. The molecule has 4 rings (SSSR count). The molecule has 2 aromatic rings. The molecule has 25 heavy (non-hydrogen) atoms. The number of carbonyl (C=O) groups is 1. The second kappa shape index (κ2) is 6.26. The van der Waals surface area contributed by atoms with Crippen molar-refractivity contribution >= 4 is 12.0 Å². The van der Waals surface area contributed by atoms with Crippen LogP contribution in [-0.2, 0) is 11.2 Å². The Morgan fingerprint density at radius 3 is 2.92 bits per heavy atom. The zero-order chi connectivity index (χ0) is 17.4. The van der Waals surface area contributed by atoms with Crippen LogP contribution in [0.25, 0.3) is 6.08 Å². The zero-order valence-electron chi connectivity index (χ0n) is 13.9. The van der Waals surface area contributed by atoms with Crippen molar-refractivity contribution in [3.05, 3.63) is 64.7 Å². The molecule has 0 unspecified atom stereocenters. The van der Waals surface area contributed by atoms with E-state index in [0.29, 0.717) is 23.5 Å². The monoisotopic (exact) mass is 337 g/mol. The molecule has 0 aromatic heterocycles. The lowest BCUT2D eigenvalue weighted by atomic mass is 10.0. The molecule has 2 aliphatic rings. The maximum Gasteiger partial charge on any atom is 0.251 e. The zero-order valence-corrected chi connectivity index (χ0v) is 13.9. The Balaban J connectivity index is 1.57. The Labute approximate surface area is 145 Å². The third-order valence-corrected chi connectivity index (χ3v) is 4.71. The van der Waals surface area contributed by atoms with Crippen LogP contribution in [-0.4, -0.2) is 30.8 Å². The molecule has 0 bridgehead atoms. The summed E-state index contributed by atoms with van der Waals surface area (Å²) in [4.78, 5) is 12.7. The number of rotatable bonds is 3. The predicted molar refractivity (Wildman–Crippen MR) is 93.5 cm³/mol. The van der Waals surface area contributed by atoms with Crippen LogP contribution in [0.15, 0.2) is 48.0 Å². The van der Waals surface area contributed by atoms with E-state index in [2.05, 4.69) is 5.32 Å². The molecule has 0 spiro atoms. The molecule has 1 amide bonds. The highest BCUT2D eigenvalue weighted by atomic mass is 16.5. The normalized spacial score (nSPS) is 20.8. The number of para-hydroxylation sites is 1.